The van der Waals surface area contributed by atoms with Gasteiger partial charge in [0.2, 0.25) is 0 Å². The average Bonchev–Trinajstić information content (AvgIpc) is 3.17. The van der Waals surface area contributed by atoms with Gasteiger partial charge in [-0.2, -0.15) is 0 Å². The van der Waals surface area contributed by atoms with Crippen LogP contribution in [0.4, 0.5) is 4.39 Å². The van der Waals surface area contributed by atoms with Crippen LogP contribution >= 0.6 is 0 Å². The summed E-state index contributed by atoms with van der Waals surface area (Å²) in [6.45, 7) is 9.97. The summed E-state index contributed by atoms with van der Waals surface area (Å²) in [5.41, 5.74) is 3.77. The molecule has 0 saturated carbocycles. The zero-order valence-corrected chi connectivity index (χ0v) is 17.0. The van der Waals surface area contributed by atoms with Crippen LogP contribution in [-0.2, 0) is 12.0 Å². The number of aromatic amines is 1. The summed E-state index contributed by atoms with van der Waals surface area (Å²) in [6, 6.07) is 6.67. The van der Waals surface area contributed by atoms with Gasteiger partial charge in [0.1, 0.15) is 5.82 Å². The van der Waals surface area contributed by atoms with E-state index in [0.717, 1.165) is 57.5 Å². The lowest BCUT2D eigenvalue weighted by Gasteiger charge is -2.51. The molecule has 0 bridgehead atoms. The van der Waals surface area contributed by atoms with Crippen molar-refractivity contribution in [1.29, 1.82) is 0 Å². The molecular formula is C23H31FN4. The molecule has 0 amide bonds. The van der Waals surface area contributed by atoms with Crippen LogP contribution in [0.15, 0.2) is 36.7 Å². The number of hydrogen-bond acceptors (Lipinski definition) is 3. The van der Waals surface area contributed by atoms with E-state index in [2.05, 4.69) is 40.8 Å². The second-order valence-electron chi connectivity index (χ2n) is 8.61. The molecule has 1 saturated heterocycles. The Morgan fingerprint density at radius 3 is 2.64 bits per heavy atom. The number of imidazole rings is 1. The van der Waals surface area contributed by atoms with Gasteiger partial charge in [0.15, 0.2) is 0 Å². The first-order valence-corrected chi connectivity index (χ1v) is 10.5. The molecule has 1 spiro atoms. The summed E-state index contributed by atoms with van der Waals surface area (Å²) in [6.07, 6.45) is 9.49. The standard InChI is InChI=1S/C23H31FN4/c1-18(2)16-28-13-9-21-22(26-17-25-21)23(28)10-14-27(15-11-23)12-3-4-19-5-7-20(24)8-6-19/h3-8,17-18H,9-16H2,1-2H3,(H,25,26)/b4-3+. The van der Waals surface area contributed by atoms with Crippen LogP contribution in [0.2, 0.25) is 0 Å². The van der Waals surface area contributed by atoms with Gasteiger partial charge in [0.25, 0.3) is 0 Å². The van der Waals surface area contributed by atoms with E-state index >= 15 is 0 Å². The summed E-state index contributed by atoms with van der Waals surface area (Å²) < 4.78 is 13.0. The molecule has 0 atom stereocenters. The van der Waals surface area contributed by atoms with Gasteiger partial charge in [-0.3, -0.25) is 9.80 Å². The first kappa shape index (κ1) is 19.3. The van der Waals surface area contributed by atoms with Crippen molar-refractivity contribution in [2.24, 2.45) is 5.92 Å². The van der Waals surface area contributed by atoms with Crippen molar-refractivity contribution in [2.45, 2.75) is 38.6 Å². The third kappa shape index (κ3) is 3.91. The highest BCUT2D eigenvalue weighted by Crippen LogP contribution is 2.42. The first-order chi connectivity index (χ1) is 13.6. The van der Waals surface area contributed by atoms with Gasteiger partial charge in [0.05, 0.1) is 17.6 Å². The maximum atomic E-state index is 13.0. The topological polar surface area (TPSA) is 35.2 Å². The van der Waals surface area contributed by atoms with E-state index in [1.807, 2.05) is 18.5 Å². The largest absolute Gasteiger partial charge is 0.348 e. The maximum Gasteiger partial charge on any atom is 0.123 e. The quantitative estimate of drug-likeness (QED) is 0.847. The fourth-order valence-corrected chi connectivity index (χ4v) is 4.80. The molecule has 3 heterocycles. The van der Waals surface area contributed by atoms with E-state index in [1.54, 1.807) is 0 Å². The second-order valence-corrected chi connectivity index (χ2v) is 8.61. The van der Waals surface area contributed by atoms with Crippen LogP contribution in [0.5, 0.6) is 0 Å². The van der Waals surface area contributed by atoms with Gasteiger partial charge in [-0.05, 0) is 36.5 Å². The lowest BCUT2D eigenvalue weighted by atomic mass is 9.78. The van der Waals surface area contributed by atoms with Crippen LogP contribution in [0, 0.1) is 11.7 Å². The van der Waals surface area contributed by atoms with E-state index in [-0.39, 0.29) is 11.4 Å². The Hall–Kier alpha value is -1.98. The first-order valence-electron chi connectivity index (χ1n) is 10.5. The fraction of sp³-hybridized carbons (Fsp3) is 0.522. The van der Waals surface area contributed by atoms with Crippen molar-refractivity contribution in [3.05, 3.63) is 59.4 Å². The number of H-pyrrole nitrogens is 1. The van der Waals surface area contributed by atoms with Crippen molar-refractivity contribution in [1.82, 2.24) is 19.8 Å². The minimum Gasteiger partial charge on any atom is -0.348 e. The van der Waals surface area contributed by atoms with E-state index in [4.69, 9.17) is 4.98 Å². The monoisotopic (exact) mass is 382 g/mol. The van der Waals surface area contributed by atoms with Gasteiger partial charge in [-0.1, -0.05) is 38.1 Å². The van der Waals surface area contributed by atoms with Crippen LogP contribution in [0.3, 0.4) is 0 Å². The van der Waals surface area contributed by atoms with Gasteiger partial charge in [-0.25, -0.2) is 9.37 Å². The number of piperidine rings is 1. The lowest BCUT2D eigenvalue weighted by molar-refractivity contribution is 0.000962. The molecule has 4 rings (SSSR count). The van der Waals surface area contributed by atoms with Crippen LogP contribution in [0.25, 0.3) is 6.08 Å². The fourth-order valence-electron chi connectivity index (χ4n) is 4.80. The Labute approximate surface area is 167 Å². The van der Waals surface area contributed by atoms with E-state index < -0.39 is 0 Å². The Morgan fingerprint density at radius 1 is 1.18 bits per heavy atom. The smallest absolute Gasteiger partial charge is 0.123 e. The summed E-state index contributed by atoms with van der Waals surface area (Å²) in [7, 11) is 0. The van der Waals surface area contributed by atoms with Crippen LogP contribution < -0.4 is 0 Å². The number of benzene rings is 1. The predicted octanol–water partition coefficient (Wildman–Crippen LogP) is 4.07. The van der Waals surface area contributed by atoms with Crippen molar-refractivity contribution >= 4 is 6.08 Å². The number of rotatable bonds is 5. The van der Waals surface area contributed by atoms with Crippen molar-refractivity contribution in [2.75, 3.05) is 32.7 Å². The second kappa shape index (κ2) is 8.18. The molecule has 5 heteroatoms. The number of aromatic nitrogens is 2. The molecule has 2 aliphatic rings. The normalized spacial score (nSPS) is 20.3. The van der Waals surface area contributed by atoms with E-state index in [1.165, 1.54) is 23.5 Å². The average molecular weight is 383 g/mol. The zero-order chi connectivity index (χ0) is 19.6. The van der Waals surface area contributed by atoms with Gasteiger partial charge >= 0.3 is 0 Å². The Balaban J connectivity index is 1.42. The number of fused-ring (bicyclic) bond motifs is 2. The molecule has 28 heavy (non-hydrogen) atoms. The molecule has 4 nitrogen and oxygen atoms in total. The molecule has 1 aromatic heterocycles. The number of likely N-dealkylation sites (tertiary alicyclic amines) is 1. The molecular weight excluding hydrogens is 351 g/mol. The summed E-state index contributed by atoms with van der Waals surface area (Å²) in [5.74, 6) is 0.476. The Kier molecular flexibility index (Phi) is 5.65. The SMILES string of the molecule is CC(C)CN1CCc2[nH]cnc2C12CCN(C/C=C/c1ccc(F)cc1)CC2. The number of nitrogens with zero attached hydrogens (tertiary/aromatic N) is 3. The highest BCUT2D eigenvalue weighted by atomic mass is 19.1. The summed E-state index contributed by atoms with van der Waals surface area (Å²) in [5, 5.41) is 0. The predicted molar refractivity (Wildman–Crippen MR) is 111 cm³/mol. The molecule has 1 fully saturated rings. The molecule has 150 valence electrons. The molecule has 2 aliphatic heterocycles. The van der Waals surface area contributed by atoms with Gasteiger partial charge < -0.3 is 4.98 Å². The number of halogens is 1. The number of hydrogen-bond donors (Lipinski definition) is 1. The molecule has 0 radical (unpaired) electrons. The minimum absolute atomic E-state index is 0.0923. The number of nitrogens with one attached hydrogen (secondary N) is 1. The van der Waals surface area contributed by atoms with Crippen molar-refractivity contribution < 1.29 is 4.39 Å². The summed E-state index contributed by atoms with van der Waals surface area (Å²) >= 11 is 0. The van der Waals surface area contributed by atoms with Crippen molar-refractivity contribution in [3.8, 4) is 0 Å². The molecule has 2 aromatic rings. The minimum atomic E-state index is -0.186. The third-order valence-corrected chi connectivity index (χ3v) is 6.21. The van der Waals surface area contributed by atoms with E-state index in [9.17, 15) is 4.39 Å². The lowest BCUT2D eigenvalue weighted by Crippen LogP contribution is -2.57. The molecule has 0 aliphatic carbocycles. The highest BCUT2D eigenvalue weighted by molar-refractivity contribution is 5.49. The summed E-state index contributed by atoms with van der Waals surface area (Å²) in [4.78, 5) is 13.4. The molecule has 0 unspecified atom stereocenters. The van der Waals surface area contributed by atoms with Crippen LogP contribution in [-0.4, -0.2) is 52.5 Å². The zero-order valence-electron chi connectivity index (χ0n) is 17.0. The Morgan fingerprint density at radius 2 is 1.93 bits per heavy atom. The van der Waals surface area contributed by atoms with Crippen molar-refractivity contribution in [3.63, 3.8) is 0 Å². The van der Waals surface area contributed by atoms with Gasteiger partial charge in [0, 0.05) is 44.8 Å². The highest BCUT2D eigenvalue weighted by Gasteiger charge is 2.46. The van der Waals surface area contributed by atoms with E-state index in [0.29, 0.717) is 5.92 Å². The Bertz CT molecular complexity index is 800. The third-order valence-electron chi connectivity index (χ3n) is 6.21. The molecule has 1 aromatic carbocycles. The maximum absolute atomic E-state index is 13.0. The molecule has 1 N–H and O–H groups in total. The van der Waals surface area contributed by atoms with Crippen LogP contribution in [0.1, 0.15) is 43.6 Å². The van der Waals surface area contributed by atoms with Gasteiger partial charge in [-0.15, -0.1) is 0 Å².